The smallest absolute Gasteiger partial charge is 0.251 e. The largest absolute Gasteiger partial charge is 0.493 e. The normalized spacial score (nSPS) is 11.4. The molecule has 25 heavy (non-hydrogen) atoms. The summed E-state index contributed by atoms with van der Waals surface area (Å²) in [5, 5.41) is 2.85. The standard InChI is InChI=1S/C19H24N2O3.ClH/c1-13(2)24-17-10-9-15(11-18(17)23-3)19(22)21-12-16(20)14-7-5-4-6-8-14;/h4-11,13,16H,12,20H2,1-3H3,(H,21,22);1H. The van der Waals surface area contributed by atoms with Crippen LogP contribution < -0.4 is 20.5 Å². The highest BCUT2D eigenvalue weighted by Crippen LogP contribution is 2.29. The Balaban J connectivity index is 0.00000312. The number of ether oxygens (including phenoxy) is 2. The highest BCUT2D eigenvalue weighted by molar-refractivity contribution is 5.94. The molecule has 2 rings (SSSR count). The monoisotopic (exact) mass is 364 g/mol. The van der Waals surface area contributed by atoms with Gasteiger partial charge in [-0.2, -0.15) is 0 Å². The molecular formula is C19H25ClN2O3. The Morgan fingerprint density at radius 2 is 1.80 bits per heavy atom. The molecular weight excluding hydrogens is 340 g/mol. The second-order valence-corrected chi connectivity index (χ2v) is 5.76. The number of methoxy groups -OCH3 is 1. The van der Waals surface area contributed by atoms with Gasteiger partial charge in [0.1, 0.15) is 0 Å². The molecule has 0 heterocycles. The first kappa shape index (κ1) is 20.8. The summed E-state index contributed by atoms with van der Waals surface area (Å²) in [6, 6.07) is 14.5. The quantitative estimate of drug-likeness (QED) is 0.790. The zero-order valence-corrected chi connectivity index (χ0v) is 15.5. The van der Waals surface area contributed by atoms with Crippen LogP contribution in [-0.4, -0.2) is 25.7 Å². The maximum atomic E-state index is 12.3. The summed E-state index contributed by atoms with van der Waals surface area (Å²) in [4.78, 5) is 12.3. The zero-order valence-electron chi connectivity index (χ0n) is 14.7. The molecule has 0 aliphatic heterocycles. The topological polar surface area (TPSA) is 73.6 Å². The number of amides is 1. The highest BCUT2D eigenvalue weighted by Gasteiger charge is 2.13. The summed E-state index contributed by atoms with van der Waals surface area (Å²) < 4.78 is 11.0. The van der Waals surface area contributed by atoms with E-state index in [1.165, 1.54) is 0 Å². The van der Waals surface area contributed by atoms with Gasteiger partial charge in [0.2, 0.25) is 0 Å². The molecule has 6 heteroatoms. The van der Waals surface area contributed by atoms with E-state index in [4.69, 9.17) is 15.2 Å². The number of benzene rings is 2. The lowest BCUT2D eigenvalue weighted by atomic mass is 10.1. The number of nitrogens with two attached hydrogens (primary N) is 1. The van der Waals surface area contributed by atoms with Gasteiger partial charge >= 0.3 is 0 Å². The van der Waals surface area contributed by atoms with Crippen molar-refractivity contribution in [3.05, 3.63) is 59.7 Å². The molecule has 0 aromatic heterocycles. The van der Waals surface area contributed by atoms with Crippen molar-refractivity contribution in [2.75, 3.05) is 13.7 Å². The number of hydrogen-bond acceptors (Lipinski definition) is 4. The Kier molecular flexibility index (Phi) is 8.25. The van der Waals surface area contributed by atoms with E-state index in [9.17, 15) is 4.79 Å². The van der Waals surface area contributed by atoms with E-state index in [1.807, 2.05) is 44.2 Å². The second-order valence-electron chi connectivity index (χ2n) is 5.76. The summed E-state index contributed by atoms with van der Waals surface area (Å²) in [7, 11) is 1.55. The molecule has 0 aliphatic rings. The van der Waals surface area contributed by atoms with Crippen molar-refractivity contribution in [2.24, 2.45) is 5.73 Å². The number of carbonyl (C=O) groups excluding carboxylic acids is 1. The van der Waals surface area contributed by atoms with Crippen molar-refractivity contribution in [2.45, 2.75) is 26.0 Å². The fourth-order valence-electron chi connectivity index (χ4n) is 2.28. The average molecular weight is 365 g/mol. The predicted octanol–water partition coefficient (Wildman–Crippen LogP) is 3.33. The molecule has 1 atom stereocenters. The van der Waals surface area contributed by atoms with Gasteiger partial charge in [0.05, 0.1) is 13.2 Å². The lowest BCUT2D eigenvalue weighted by Gasteiger charge is -2.15. The first-order valence-corrected chi connectivity index (χ1v) is 7.94. The summed E-state index contributed by atoms with van der Waals surface area (Å²) in [5.74, 6) is 0.949. The van der Waals surface area contributed by atoms with E-state index in [0.717, 1.165) is 5.56 Å². The van der Waals surface area contributed by atoms with E-state index < -0.39 is 0 Å². The van der Waals surface area contributed by atoms with Crippen LogP contribution in [0.1, 0.15) is 35.8 Å². The number of hydrogen-bond donors (Lipinski definition) is 2. The molecule has 0 saturated heterocycles. The summed E-state index contributed by atoms with van der Waals surface area (Å²) in [6.45, 7) is 4.23. The van der Waals surface area contributed by atoms with E-state index in [-0.39, 0.29) is 30.5 Å². The first-order valence-electron chi connectivity index (χ1n) is 7.94. The average Bonchev–Trinajstić information content (AvgIpc) is 2.60. The highest BCUT2D eigenvalue weighted by atomic mass is 35.5. The number of carbonyl (C=O) groups is 1. The van der Waals surface area contributed by atoms with Crippen LogP contribution in [0.2, 0.25) is 0 Å². The fourth-order valence-corrected chi connectivity index (χ4v) is 2.28. The van der Waals surface area contributed by atoms with Crippen molar-refractivity contribution in [1.82, 2.24) is 5.32 Å². The van der Waals surface area contributed by atoms with Crippen LogP contribution >= 0.6 is 12.4 Å². The Hall–Kier alpha value is -2.24. The number of halogens is 1. The Labute approximate surface area is 154 Å². The van der Waals surface area contributed by atoms with Crippen LogP contribution in [0.5, 0.6) is 11.5 Å². The van der Waals surface area contributed by atoms with Gasteiger partial charge in [-0.05, 0) is 37.6 Å². The molecule has 1 amide bonds. The molecule has 3 N–H and O–H groups in total. The third kappa shape index (κ3) is 5.96. The van der Waals surface area contributed by atoms with Gasteiger partial charge in [0.25, 0.3) is 5.91 Å². The Morgan fingerprint density at radius 1 is 1.12 bits per heavy atom. The molecule has 2 aromatic carbocycles. The lowest BCUT2D eigenvalue weighted by molar-refractivity contribution is 0.0950. The van der Waals surface area contributed by atoms with Crippen LogP contribution in [0.15, 0.2) is 48.5 Å². The third-order valence-electron chi connectivity index (χ3n) is 3.50. The molecule has 5 nitrogen and oxygen atoms in total. The molecule has 0 spiro atoms. The number of nitrogens with one attached hydrogen (secondary N) is 1. The molecule has 1 unspecified atom stereocenters. The van der Waals surface area contributed by atoms with Crippen molar-refractivity contribution in [3.8, 4) is 11.5 Å². The summed E-state index contributed by atoms with van der Waals surface area (Å²) in [6.07, 6.45) is 0.0300. The lowest BCUT2D eigenvalue weighted by Crippen LogP contribution is -2.31. The van der Waals surface area contributed by atoms with E-state index in [0.29, 0.717) is 23.6 Å². The van der Waals surface area contributed by atoms with Gasteiger partial charge in [-0.1, -0.05) is 30.3 Å². The molecule has 0 saturated carbocycles. The maximum Gasteiger partial charge on any atom is 0.251 e. The second kappa shape index (κ2) is 9.91. The van der Waals surface area contributed by atoms with Crippen molar-refractivity contribution in [3.63, 3.8) is 0 Å². The van der Waals surface area contributed by atoms with Crippen LogP contribution in [0.3, 0.4) is 0 Å². The Bertz CT molecular complexity index is 678. The molecule has 0 radical (unpaired) electrons. The molecule has 136 valence electrons. The van der Waals surface area contributed by atoms with Gasteiger partial charge in [0, 0.05) is 18.2 Å². The van der Waals surface area contributed by atoms with Crippen LogP contribution in [-0.2, 0) is 0 Å². The summed E-state index contributed by atoms with van der Waals surface area (Å²) >= 11 is 0. The van der Waals surface area contributed by atoms with Crippen molar-refractivity contribution >= 4 is 18.3 Å². The van der Waals surface area contributed by atoms with Crippen molar-refractivity contribution < 1.29 is 14.3 Å². The minimum atomic E-state index is -0.249. The van der Waals surface area contributed by atoms with Gasteiger partial charge < -0.3 is 20.5 Å². The maximum absolute atomic E-state index is 12.3. The third-order valence-corrected chi connectivity index (χ3v) is 3.50. The summed E-state index contributed by atoms with van der Waals surface area (Å²) in [5.41, 5.74) is 7.58. The van der Waals surface area contributed by atoms with E-state index >= 15 is 0 Å². The van der Waals surface area contributed by atoms with Crippen LogP contribution in [0.25, 0.3) is 0 Å². The SMILES string of the molecule is COc1cc(C(=O)NCC(N)c2ccccc2)ccc1OC(C)C.Cl. The van der Waals surface area contributed by atoms with Crippen LogP contribution in [0.4, 0.5) is 0 Å². The van der Waals surface area contributed by atoms with Crippen molar-refractivity contribution in [1.29, 1.82) is 0 Å². The van der Waals surface area contributed by atoms with Gasteiger partial charge in [-0.25, -0.2) is 0 Å². The van der Waals surface area contributed by atoms with E-state index in [1.54, 1.807) is 25.3 Å². The first-order chi connectivity index (χ1) is 11.5. The van der Waals surface area contributed by atoms with Gasteiger partial charge in [-0.15, -0.1) is 12.4 Å². The zero-order chi connectivity index (χ0) is 17.5. The van der Waals surface area contributed by atoms with Gasteiger partial charge in [0.15, 0.2) is 11.5 Å². The van der Waals surface area contributed by atoms with Gasteiger partial charge in [-0.3, -0.25) is 4.79 Å². The van der Waals surface area contributed by atoms with E-state index in [2.05, 4.69) is 5.32 Å². The van der Waals surface area contributed by atoms with Crippen LogP contribution in [0, 0.1) is 0 Å². The Morgan fingerprint density at radius 3 is 2.40 bits per heavy atom. The predicted molar refractivity (Wildman–Crippen MR) is 102 cm³/mol. The molecule has 2 aromatic rings. The molecule has 0 fully saturated rings. The minimum absolute atomic E-state index is 0. The fraction of sp³-hybridized carbons (Fsp3) is 0.316. The minimum Gasteiger partial charge on any atom is -0.493 e. The number of rotatable bonds is 7. The molecule has 0 bridgehead atoms. The molecule has 0 aliphatic carbocycles.